The molecule has 5 aliphatic rings. The van der Waals surface area contributed by atoms with Gasteiger partial charge in [0.25, 0.3) is 0 Å². The van der Waals surface area contributed by atoms with E-state index >= 15 is 0 Å². The maximum Gasteiger partial charge on any atom is 0.494 e. The first kappa shape index (κ1) is 29.0. The number of amides is 2. The van der Waals surface area contributed by atoms with Crippen LogP contribution in [0.3, 0.4) is 0 Å². The van der Waals surface area contributed by atoms with Crippen LogP contribution in [0.15, 0.2) is 18.2 Å². The first-order valence-electron chi connectivity index (χ1n) is 15.7. The second kappa shape index (κ2) is 9.71. The Bertz CT molecular complexity index is 1200. The molecule has 1 aromatic carbocycles. The average molecular weight is 566 g/mol. The summed E-state index contributed by atoms with van der Waals surface area (Å²) in [4.78, 5) is 33.8. The van der Waals surface area contributed by atoms with E-state index in [1.807, 2.05) is 20.8 Å². The molecule has 2 amide bonds. The topological polar surface area (TPSA) is 71.6 Å². The third-order valence-corrected chi connectivity index (χ3v) is 10.6. The zero-order chi connectivity index (χ0) is 29.5. The Kier molecular flexibility index (Phi) is 6.87. The summed E-state index contributed by atoms with van der Waals surface area (Å²) in [5.74, 6) is 0.949. The molecule has 6 rings (SSSR count). The van der Waals surface area contributed by atoms with E-state index in [4.69, 9.17) is 14.0 Å². The minimum atomic E-state index is -0.616. The van der Waals surface area contributed by atoms with Crippen molar-refractivity contribution in [2.45, 2.75) is 122 Å². The molecule has 4 heterocycles. The van der Waals surface area contributed by atoms with Gasteiger partial charge in [-0.25, -0.2) is 4.79 Å². The van der Waals surface area contributed by atoms with Crippen molar-refractivity contribution in [1.82, 2.24) is 9.80 Å². The Morgan fingerprint density at radius 1 is 1.00 bits per heavy atom. The predicted molar refractivity (Wildman–Crippen MR) is 161 cm³/mol. The molecular formula is C32H48BN3O5. The minimum absolute atomic E-state index is 0.193. The fourth-order valence-corrected chi connectivity index (χ4v) is 7.35. The number of nitrogens with zero attached hydrogens (tertiary/aromatic N) is 3. The number of hydrogen-bond donors (Lipinski definition) is 0. The van der Waals surface area contributed by atoms with E-state index in [2.05, 4.69) is 62.6 Å². The second-order valence-electron chi connectivity index (χ2n) is 15.3. The zero-order valence-corrected chi connectivity index (χ0v) is 26.3. The van der Waals surface area contributed by atoms with Gasteiger partial charge in [0.15, 0.2) is 0 Å². The molecule has 3 saturated heterocycles. The highest BCUT2D eigenvalue weighted by molar-refractivity contribution is 6.62. The number of benzene rings is 1. The fourth-order valence-electron chi connectivity index (χ4n) is 7.35. The van der Waals surface area contributed by atoms with Gasteiger partial charge in [-0.15, -0.1) is 0 Å². The lowest BCUT2D eigenvalue weighted by atomic mass is 9.71. The lowest BCUT2D eigenvalue weighted by Crippen LogP contribution is -2.57. The molecule has 1 atom stereocenters. The SMILES string of the molecule is C[C@@H]1CCN(C2CC(N3C(=O)C4(CCN(C(=O)OC(C)(C)C)CC4)c4ccc(B5OC(C)(C)C(C)(C)O5)cc43)C2)C1. The van der Waals surface area contributed by atoms with Crippen LogP contribution in [-0.2, 0) is 24.3 Å². The summed E-state index contributed by atoms with van der Waals surface area (Å²) in [6.45, 7) is 19.6. The molecular weight excluding hydrogens is 517 g/mol. The van der Waals surface area contributed by atoms with Crippen LogP contribution in [-0.4, -0.2) is 84.0 Å². The maximum absolute atomic E-state index is 14.5. The van der Waals surface area contributed by atoms with Crippen LogP contribution in [0.1, 0.15) is 93.1 Å². The van der Waals surface area contributed by atoms with Crippen molar-refractivity contribution >= 4 is 30.3 Å². The van der Waals surface area contributed by atoms with Crippen LogP contribution in [0.5, 0.6) is 0 Å². The van der Waals surface area contributed by atoms with Gasteiger partial charge >= 0.3 is 13.2 Å². The number of piperidine rings is 1. The van der Waals surface area contributed by atoms with E-state index in [0.717, 1.165) is 35.5 Å². The van der Waals surface area contributed by atoms with E-state index in [1.165, 1.54) is 19.5 Å². The predicted octanol–water partition coefficient (Wildman–Crippen LogP) is 4.47. The molecule has 8 nitrogen and oxygen atoms in total. The molecule has 0 N–H and O–H groups in total. The first-order chi connectivity index (χ1) is 19.1. The molecule has 0 radical (unpaired) electrons. The van der Waals surface area contributed by atoms with Gasteiger partial charge in [0.05, 0.1) is 16.6 Å². The number of rotatable bonds is 3. The number of fused-ring (bicyclic) bond motifs is 2. The molecule has 1 spiro atoms. The van der Waals surface area contributed by atoms with Gasteiger partial charge < -0.3 is 23.8 Å². The Labute approximate surface area is 246 Å². The quantitative estimate of drug-likeness (QED) is 0.504. The summed E-state index contributed by atoms with van der Waals surface area (Å²) < 4.78 is 18.4. The smallest absolute Gasteiger partial charge is 0.444 e. The van der Waals surface area contributed by atoms with Crippen LogP contribution in [0.4, 0.5) is 10.5 Å². The minimum Gasteiger partial charge on any atom is -0.444 e. The Morgan fingerprint density at radius 3 is 2.20 bits per heavy atom. The van der Waals surface area contributed by atoms with Gasteiger partial charge in [-0.2, -0.15) is 0 Å². The van der Waals surface area contributed by atoms with Crippen LogP contribution in [0.25, 0.3) is 0 Å². The van der Waals surface area contributed by atoms with Crippen LogP contribution in [0.2, 0.25) is 0 Å². The third kappa shape index (κ3) is 4.90. The highest BCUT2D eigenvalue weighted by Crippen LogP contribution is 2.51. The van der Waals surface area contributed by atoms with Crippen molar-refractivity contribution in [2.24, 2.45) is 5.92 Å². The number of likely N-dealkylation sites (tertiary alicyclic amines) is 2. The largest absolute Gasteiger partial charge is 0.494 e. The molecule has 4 aliphatic heterocycles. The monoisotopic (exact) mass is 565 g/mol. The number of carbonyl (C=O) groups is 2. The summed E-state index contributed by atoms with van der Waals surface area (Å²) >= 11 is 0. The Morgan fingerprint density at radius 2 is 1.63 bits per heavy atom. The van der Waals surface area contributed by atoms with Crippen LogP contribution < -0.4 is 10.4 Å². The molecule has 0 unspecified atom stereocenters. The second-order valence-corrected chi connectivity index (χ2v) is 15.3. The molecule has 4 fully saturated rings. The Hall–Kier alpha value is -2.10. The van der Waals surface area contributed by atoms with Crippen molar-refractivity contribution in [1.29, 1.82) is 0 Å². The van der Waals surface area contributed by atoms with E-state index in [0.29, 0.717) is 32.0 Å². The number of anilines is 1. The van der Waals surface area contributed by atoms with Crippen molar-refractivity contribution in [3.63, 3.8) is 0 Å². The van der Waals surface area contributed by atoms with Gasteiger partial charge in [0.1, 0.15) is 5.60 Å². The molecule has 0 bridgehead atoms. The molecule has 0 aromatic heterocycles. The van der Waals surface area contributed by atoms with E-state index < -0.39 is 29.3 Å². The molecule has 1 saturated carbocycles. The van der Waals surface area contributed by atoms with E-state index in [1.54, 1.807) is 4.90 Å². The normalized spacial score (nSPS) is 30.6. The summed E-state index contributed by atoms with van der Waals surface area (Å²) in [6.07, 6.45) is 4.19. The van der Waals surface area contributed by atoms with Gasteiger partial charge in [-0.3, -0.25) is 9.69 Å². The van der Waals surface area contributed by atoms with Crippen LogP contribution >= 0.6 is 0 Å². The highest BCUT2D eigenvalue weighted by Gasteiger charge is 2.57. The summed E-state index contributed by atoms with van der Waals surface area (Å²) in [7, 11) is -0.479. The van der Waals surface area contributed by atoms with Gasteiger partial charge in [-0.05, 0) is 110 Å². The molecule has 41 heavy (non-hydrogen) atoms. The third-order valence-electron chi connectivity index (χ3n) is 10.6. The first-order valence-corrected chi connectivity index (χ1v) is 15.7. The molecule has 1 aromatic rings. The van der Waals surface area contributed by atoms with E-state index in [-0.39, 0.29) is 18.0 Å². The van der Waals surface area contributed by atoms with E-state index in [9.17, 15) is 9.59 Å². The summed E-state index contributed by atoms with van der Waals surface area (Å²) in [5, 5.41) is 0. The number of ether oxygens (including phenoxy) is 1. The lowest BCUT2D eigenvalue weighted by Gasteiger charge is -2.46. The van der Waals surface area contributed by atoms with Gasteiger partial charge in [0.2, 0.25) is 5.91 Å². The molecule has 1 aliphatic carbocycles. The standard InChI is InChI=1S/C32H48BN3O5/c1-21-11-14-35(20-21)23-18-24(19-23)36-26-17-22(33-40-30(5,6)31(7,8)41-33)9-10-25(26)32(27(36)37)12-15-34(16-13-32)28(38)39-29(2,3)4/h9-10,17,21,23-24H,11-16,18-20H2,1-8H3/t21-,23?,24?/m1/s1. The average Bonchev–Trinajstić information content (AvgIpc) is 3.44. The van der Waals surface area contributed by atoms with Crippen molar-refractivity contribution < 1.29 is 23.6 Å². The molecule has 9 heteroatoms. The Balaban J connectivity index is 1.28. The van der Waals surface area contributed by atoms with Crippen molar-refractivity contribution in [2.75, 3.05) is 31.1 Å². The highest BCUT2D eigenvalue weighted by atomic mass is 16.7. The van der Waals surface area contributed by atoms with Crippen molar-refractivity contribution in [3.05, 3.63) is 23.8 Å². The molecule has 224 valence electrons. The maximum atomic E-state index is 14.5. The zero-order valence-electron chi connectivity index (χ0n) is 26.3. The number of hydrogen-bond acceptors (Lipinski definition) is 6. The summed E-state index contributed by atoms with van der Waals surface area (Å²) in [5.41, 5.74) is 1.02. The van der Waals surface area contributed by atoms with Gasteiger partial charge in [-0.1, -0.05) is 19.1 Å². The van der Waals surface area contributed by atoms with Gasteiger partial charge in [0, 0.05) is 37.4 Å². The van der Waals surface area contributed by atoms with Crippen molar-refractivity contribution in [3.8, 4) is 0 Å². The van der Waals surface area contributed by atoms with Crippen LogP contribution in [0, 0.1) is 5.92 Å². The fraction of sp³-hybridized carbons (Fsp3) is 0.750. The lowest BCUT2D eigenvalue weighted by molar-refractivity contribution is -0.126. The number of carbonyl (C=O) groups excluding carboxylic acids is 2. The summed E-state index contributed by atoms with van der Waals surface area (Å²) in [6, 6.07) is 7.11.